The lowest BCUT2D eigenvalue weighted by Gasteiger charge is -2.06. The van der Waals surface area contributed by atoms with Crippen LogP contribution in [0.15, 0.2) is 50.5 Å². The summed E-state index contributed by atoms with van der Waals surface area (Å²) in [4.78, 5) is 9.46. The molecule has 0 bridgehead atoms. The second kappa shape index (κ2) is 7.96. The number of thioether (sulfide) groups is 1. The molecule has 2 N–H and O–H groups in total. The normalized spacial score (nSPS) is 12.1. The molecule has 1 aromatic carbocycles. The number of rotatable bonds is 7. The quantitative estimate of drug-likeness (QED) is 0.417. The lowest BCUT2D eigenvalue weighted by atomic mass is 10.3. The van der Waals surface area contributed by atoms with E-state index in [0.717, 1.165) is 39.9 Å². The van der Waals surface area contributed by atoms with Gasteiger partial charge in [-0.3, -0.25) is 0 Å². The van der Waals surface area contributed by atoms with Crippen LogP contribution in [0.1, 0.15) is 19.0 Å². The monoisotopic (exact) mass is 450 g/mol. The molecule has 0 aliphatic rings. The highest BCUT2D eigenvalue weighted by molar-refractivity contribution is 7.98. The number of thiophene rings is 1. The van der Waals surface area contributed by atoms with Crippen molar-refractivity contribution in [2.75, 3.05) is 0 Å². The van der Waals surface area contributed by atoms with E-state index in [1.165, 1.54) is 6.07 Å². The Morgan fingerprint density at radius 1 is 1.21 bits per heavy atom. The van der Waals surface area contributed by atoms with E-state index in [9.17, 15) is 8.42 Å². The number of aryl methyl sites for hydroxylation is 1. The smallest absolute Gasteiger partial charge is 0.238 e. The molecule has 0 aliphatic heterocycles. The third-order valence-electron chi connectivity index (χ3n) is 4.13. The van der Waals surface area contributed by atoms with Gasteiger partial charge in [0, 0.05) is 28.6 Å². The molecule has 0 unspecified atom stereocenters. The predicted octanol–water partition coefficient (Wildman–Crippen LogP) is 4.57. The third kappa shape index (κ3) is 4.01. The minimum absolute atomic E-state index is 0.0811. The van der Waals surface area contributed by atoms with Crippen LogP contribution in [0.25, 0.3) is 21.6 Å². The molecule has 28 heavy (non-hydrogen) atoms. The van der Waals surface area contributed by atoms with Crippen molar-refractivity contribution in [3.05, 3.63) is 46.1 Å². The number of sulfonamides is 1. The van der Waals surface area contributed by atoms with Crippen LogP contribution >= 0.6 is 34.4 Å². The summed E-state index contributed by atoms with van der Waals surface area (Å²) in [6, 6.07) is 6.93. The second-order valence-electron chi connectivity index (χ2n) is 6.19. The Bertz CT molecular complexity index is 1210. The molecule has 10 heteroatoms. The van der Waals surface area contributed by atoms with Crippen LogP contribution in [0, 0.1) is 0 Å². The van der Waals surface area contributed by atoms with Gasteiger partial charge in [0.2, 0.25) is 10.0 Å². The molecule has 6 nitrogen and oxygen atoms in total. The number of fused-ring (bicyclic) bond motifs is 1. The molecule has 4 aromatic rings. The van der Waals surface area contributed by atoms with Crippen molar-refractivity contribution < 1.29 is 8.42 Å². The molecule has 0 amide bonds. The Labute approximate surface area is 175 Å². The molecule has 0 aliphatic carbocycles. The van der Waals surface area contributed by atoms with Crippen molar-refractivity contribution in [1.82, 2.24) is 14.5 Å². The average Bonchev–Trinajstić information content (AvgIpc) is 3.39. The topological polar surface area (TPSA) is 90.9 Å². The number of primary sulfonamides is 1. The summed E-state index contributed by atoms with van der Waals surface area (Å²) in [6.45, 7) is 2.91. The van der Waals surface area contributed by atoms with Gasteiger partial charge in [0.15, 0.2) is 5.16 Å². The predicted molar refractivity (Wildman–Crippen MR) is 116 cm³/mol. The molecular formula is C18H18N4O2S4. The zero-order chi connectivity index (χ0) is 19.7. The van der Waals surface area contributed by atoms with E-state index in [1.807, 2.05) is 5.38 Å². The lowest BCUT2D eigenvalue weighted by Crippen LogP contribution is -2.11. The van der Waals surface area contributed by atoms with Crippen LogP contribution in [0.5, 0.6) is 0 Å². The summed E-state index contributed by atoms with van der Waals surface area (Å²) in [7, 11) is -3.75. The maximum Gasteiger partial charge on any atom is 0.238 e. The Balaban J connectivity index is 1.61. The third-order valence-corrected chi connectivity index (χ3v) is 7.67. The summed E-state index contributed by atoms with van der Waals surface area (Å²) in [5, 5.41) is 13.4. The molecule has 0 fully saturated rings. The summed E-state index contributed by atoms with van der Waals surface area (Å²) in [6.07, 6.45) is 0.953. The molecule has 3 heterocycles. The highest BCUT2D eigenvalue weighted by Gasteiger charge is 2.15. The molecule has 0 atom stereocenters. The number of imidazole rings is 1. The van der Waals surface area contributed by atoms with Gasteiger partial charge in [0.05, 0.1) is 21.6 Å². The number of aromatic nitrogens is 3. The molecule has 146 valence electrons. The molecule has 0 saturated carbocycles. The summed E-state index contributed by atoms with van der Waals surface area (Å²) in [5.74, 6) is 0.704. The summed E-state index contributed by atoms with van der Waals surface area (Å²) in [5.41, 5.74) is 3.71. The van der Waals surface area contributed by atoms with E-state index in [4.69, 9.17) is 10.1 Å². The number of benzene rings is 1. The fourth-order valence-electron chi connectivity index (χ4n) is 2.84. The van der Waals surface area contributed by atoms with Crippen molar-refractivity contribution in [2.45, 2.75) is 35.7 Å². The maximum atomic E-state index is 11.6. The Morgan fingerprint density at radius 2 is 2.07 bits per heavy atom. The maximum absolute atomic E-state index is 11.6. The second-order valence-corrected chi connectivity index (χ2v) is 10.3. The largest absolute Gasteiger partial charge is 0.319 e. The van der Waals surface area contributed by atoms with Crippen molar-refractivity contribution in [1.29, 1.82) is 0 Å². The van der Waals surface area contributed by atoms with Gasteiger partial charge in [0.25, 0.3) is 0 Å². The van der Waals surface area contributed by atoms with Gasteiger partial charge < -0.3 is 4.57 Å². The number of hydrogen-bond donors (Lipinski definition) is 1. The SMILES string of the molecule is CCCn1c(SCc2csc(-c3ccsc3)n2)nc2cc(S(N)(=O)=O)ccc21. The van der Waals surface area contributed by atoms with E-state index >= 15 is 0 Å². The number of nitrogens with two attached hydrogens (primary N) is 1. The Morgan fingerprint density at radius 3 is 2.79 bits per heavy atom. The van der Waals surface area contributed by atoms with Gasteiger partial charge in [-0.1, -0.05) is 18.7 Å². The average molecular weight is 451 g/mol. The van der Waals surface area contributed by atoms with E-state index in [1.54, 1.807) is 46.6 Å². The van der Waals surface area contributed by atoms with Crippen LogP contribution in [-0.2, 0) is 22.3 Å². The van der Waals surface area contributed by atoms with Gasteiger partial charge in [-0.25, -0.2) is 23.5 Å². The first-order chi connectivity index (χ1) is 13.5. The van der Waals surface area contributed by atoms with Crippen LogP contribution in [0.2, 0.25) is 0 Å². The van der Waals surface area contributed by atoms with Crippen molar-refractivity contribution in [3.8, 4) is 10.6 Å². The zero-order valence-electron chi connectivity index (χ0n) is 15.0. The lowest BCUT2D eigenvalue weighted by molar-refractivity contribution is 0.598. The molecule has 0 spiro atoms. The van der Waals surface area contributed by atoms with E-state index in [2.05, 4.69) is 33.3 Å². The number of thiazole rings is 1. The van der Waals surface area contributed by atoms with Crippen molar-refractivity contribution >= 4 is 55.5 Å². The highest BCUT2D eigenvalue weighted by Crippen LogP contribution is 2.31. The van der Waals surface area contributed by atoms with Gasteiger partial charge in [-0.15, -0.1) is 11.3 Å². The first-order valence-electron chi connectivity index (χ1n) is 8.58. The van der Waals surface area contributed by atoms with Gasteiger partial charge >= 0.3 is 0 Å². The molecule has 4 rings (SSSR count). The van der Waals surface area contributed by atoms with Crippen LogP contribution < -0.4 is 5.14 Å². The minimum atomic E-state index is -3.75. The number of hydrogen-bond acceptors (Lipinski definition) is 7. The fraction of sp³-hybridized carbons (Fsp3) is 0.222. The summed E-state index contributed by atoms with van der Waals surface area (Å²) < 4.78 is 25.4. The van der Waals surface area contributed by atoms with Crippen molar-refractivity contribution in [2.24, 2.45) is 5.14 Å². The summed E-state index contributed by atoms with van der Waals surface area (Å²) >= 11 is 4.91. The number of nitrogens with zero attached hydrogens (tertiary/aromatic N) is 3. The van der Waals surface area contributed by atoms with E-state index in [-0.39, 0.29) is 4.90 Å². The molecular weight excluding hydrogens is 432 g/mol. The van der Waals surface area contributed by atoms with Gasteiger partial charge in [0.1, 0.15) is 5.01 Å². The van der Waals surface area contributed by atoms with Crippen LogP contribution in [-0.4, -0.2) is 23.0 Å². The van der Waals surface area contributed by atoms with E-state index < -0.39 is 10.0 Å². The Kier molecular flexibility index (Phi) is 5.57. The molecule has 0 radical (unpaired) electrons. The van der Waals surface area contributed by atoms with E-state index in [0.29, 0.717) is 11.3 Å². The highest BCUT2D eigenvalue weighted by atomic mass is 32.2. The zero-order valence-corrected chi connectivity index (χ0v) is 18.3. The standard InChI is InChI=1S/C18H18N4O2S4/c1-2-6-22-16-4-3-14(28(19,23)24)8-15(16)21-18(22)27-11-13-10-26-17(20-13)12-5-7-25-9-12/h3-5,7-10H,2,6,11H2,1H3,(H2,19,23,24). The van der Waals surface area contributed by atoms with Crippen LogP contribution in [0.4, 0.5) is 0 Å². The minimum Gasteiger partial charge on any atom is -0.319 e. The van der Waals surface area contributed by atoms with Gasteiger partial charge in [-0.2, -0.15) is 11.3 Å². The first kappa shape index (κ1) is 19.6. The molecule has 3 aromatic heterocycles. The van der Waals surface area contributed by atoms with Crippen LogP contribution in [0.3, 0.4) is 0 Å². The van der Waals surface area contributed by atoms with Crippen molar-refractivity contribution in [3.63, 3.8) is 0 Å². The Hall–Kier alpha value is -1.72. The fourth-order valence-corrected chi connectivity index (χ4v) is 5.95. The van der Waals surface area contributed by atoms with Gasteiger partial charge in [-0.05, 0) is 36.1 Å². The first-order valence-corrected chi connectivity index (χ1v) is 12.9. The molecule has 0 saturated heterocycles.